The van der Waals surface area contributed by atoms with Crippen molar-refractivity contribution in [1.29, 1.82) is 0 Å². The second-order valence-electron chi connectivity index (χ2n) is 7.35. The number of amides is 1. The van der Waals surface area contributed by atoms with E-state index in [-0.39, 0.29) is 18.6 Å². The number of ether oxygens (including phenoxy) is 2. The van der Waals surface area contributed by atoms with E-state index in [1.54, 1.807) is 19.2 Å². The number of hydrogen-bond acceptors (Lipinski definition) is 6. The highest BCUT2D eigenvalue weighted by Crippen LogP contribution is 2.32. The summed E-state index contributed by atoms with van der Waals surface area (Å²) in [6, 6.07) is 15.2. The van der Waals surface area contributed by atoms with Crippen LogP contribution < -0.4 is 14.8 Å². The fraction of sp³-hybridized carbons (Fsp3) is 0.348. The van der Waals surface area contributed by atoms with E-state index in [2.05, 4.69) is 15.5 Å². The normalized spacial score (nSPS) is 14.3. The molecule has 1 heterocycles. The van der Waals surface area contributed by atoms with Crippen LogP contribution in [0.4, 0.5) is 0 Å². The summed E-state index contributed by atoms with van der Waals surface area (Å²) in [5, 5.41) is 7.11. The van der Waals surface area contributed by atoms with Crippen molar-refractivity contribution in [1.82, 2.24) is 15.5 Å². The maximum Gasteiger partial charge on any atom is 0.258 e. The molecule has 1 amide bonds. The number of aromatic nitrogens is 2. The molecule has 30 heavy (non-hydrogen) atoms. The third kappa shape index (κ3) is 4.79. The van der Waals surface area contributed by atoms with E-state index in [1.807, 2.05) is 36.4 Å². The number of hydrogen-bond donors (Lipinski definition) is 1. The summed E-state index contributed by atoms with van der Waals surface area (Å²) >= 11 is 0. The van der Waals surface area contributed by atoms with Crippen molar-refractivity contribution in [2.24, 2.45) is 0 Å². The van der Waals surface area contributed by atoms with Crippen LogP contribution in [0.15, 0.2) is 53.1 Å². The van der Waals surface area contributed by atoms with E-state index in [0.29, 0.717) is 23.2 Å². The first-order chi connectivity index (χ1) is 14.7. The van der Waals surface area contributed by atoms with Crippen LogP contribution in [0, 0.1) is 0 Å². The molecule has 1 aliphatic rings. The molecular formula is C23H25N3O4. The Kier molecular flexibility index (Phi) is 6.27. The van der Waals surface area contributed by atoms with Crippen LogP contribution in [-0.4, -0.2) is 35.8 Å². The minimum Gasteiger partial charge on any atom is -0.493 e. The monoisotopic (exact) mass is 407 g/mol. The second-order valence-corrected chi connectivity index (χ2v) is 7.35. The SMILES string of the molecule is COc1cc(-c2noc(-c3ccccc3)n2)ccc1OCC(=O)NC1CCCCC1. The number of benzene rings is 2. The van der Waals surface area contributed by atoms with Crippen LogP contribution in [0.25, 0.3) is 22.8 Å². The average Bonchev–Trinajstić information content (AvgIpc) is 3.29. The summed E-state index contributed by atoms with van der Waals surface area (Å²) < 4.78 is 16.5. The first-order valence-electron chi connectivity index (χ1n) is 10.2. The van der Waals surface area contributed by atoms with Gasteiger partial charge in [0.2, 0.25) is 5.82 Å². The fourth-order valence-corrected chi connectivity index (χ4v) is 3.62. The lowest BCUT2D eigenvalue weighted by Crippen LogP contribution is -2.38. The Morgan fingerprint density at radius 3 is 2.63 bits per heavy atom. The van der Waals surface area contributed by atoms with Gasteiger partial charge in [-0.05, 0) is 43.2 Å². The highest BCUT2D eigenvalue weighted by atomic mass is 16.5. The van der Waals surface area contributed by atoms with Gasteiger partial charge in [-0.3, -0.25) is 4.79 Å². The maximum atomic E-state index is 12.2. The molecule has 0 unspecified atom stereocenters. The number of carbonyl (C=O) groups is 1. The molecule has 1 saturated carbocycles. The summed E-state index contributed by atoms with van der Waals surface area (Å²) in [6.45, 7) is -0.0490. The van der Waals surface area contributed by atoms with Gasteiger partial charge in [-0.15, -0.1) is 0 Å². The Balaban J connectivity index is 1.41. The lowest BCUT2D eigenvalue weighted by atomic mass is 9.95. The molecule has 0 bridgehead atoms. The second kappa shape index (κ2) is 9.43. The lowest BCUT2D eigenvalue weighted by Gasteiger charge is -2.22. The van der Waals surface area contributed by atoms with Gasteiger partial charge in [-0.1, -0.05) is 42.6 Å². The molecule has 7 nitrogen and oxygen atoms in total. The molecule has 0 atom stereocenters. The molecule has 1 fully saturated rings. The van der Waals surface area contributed by atoms with Gasteiger partial charge in [0.1, 0.15) is 0 Å². The zero-order valence-electron chi connectivity index (χ0n) is 17.0. The van der Waals surface area contributed by atoms with E-state index in [4.69, 9.17) is 14.0 Å². The van der Waals surface area contributed by atoms with Crippen molar-refractivity contribution in [3.63, 3.8) is 0 Å². The highest BCUT2D eigenvalue weighted by molar-refractivity contribution is 5.78. The van der Waals surface area contributed by atoms with E-state index in [0.717, 1.165) is 24.0 Å². The largest absolute Gasteiger partial charge is 0.493 e. The summed E-state index contributed by atoms with van der Waals surface area (Å²) in [7, 11) is 1.56. The van der Waals surface area contributed by atoms with Gasteiger partial charge in [0.15, 0.2) is 18.1 Å². The standard InChI is InChI=1S/C23H25N3O4/c1-28-20-14-17(22-25-23(30-26-22)16-8-4-2-5-9-16)12-13-19(20)29-15-21(27)24-18-10-6-3-7-11-18/h2,4-5,8-9,12-14,18H,3,6-7,10-11,15H2,1H3,(H,24,27). The van der Waals surface area contributed by atoms with Crippen LogP contribution in [0.2, 0.25) is 0 Å². The van der Waals surface area contributed by atoms with Gasteiger partial charge >= 0.3 is 0 Å². The summed E-state index contributed by atoms with van der Waals surface area (Å²) in [6.07, 6.45) is 5.67. The third-order valence-electron chi connectivity index (χ3n) is 5.20. The molecule has 2 aromatic carbocycles. The predicted molar refractivity (Wildman–Crippen MR) is 112 cm³/mol. The number of nitrogens with zero attached hydrogens (tertiary/aromatic N) is 2. The Labute approximate surface area is 175 Å². The molecule has 0 radical (unpaired) electrons. The molecule has 0 spiro atoms. The number of nitrogens with one attached hydrogen (secondary N) is 1. The molecule has 1 N–H and O–H groups in total. The maximum absolute atomic E-state index is 12.2. The van der Waals surface area contributed by atoms with E-state index in [1.165, 1.54) is 19.3 Å². The first-order valence-corrected chi connectivity index (χ1v) is 10.2. The van der Waals surface area contributed by atoms with Gasteiger partial charge in [-0.25, -0.2) is 0 Å². The Morgan fingerprint density at radius 1 is 1.07 bits per heavy atom. The van der Waals surface area contributed by atoms with E-state index in [9.17, 15) is 4.79 Å². The van der Waals surface area contributed by atoms with Gasteiger partial charge < -0.3 is 19.3 Å². The van der Waals surface area contributed by atoms with Gasteiger partial charge in [0.05, 0.1) is 7.11 Å². The predicted octanol–water partition coefficient (Wildman–Crippen LogP) is 4.24. The van der Waals surface area contributed by atoms with Crippen molar-refractivity contribution in [3.05, 3.63) is 48.5 Å². The topological polar surface area (TPSA) is 86.5 Å². The highest BCUT2D eigenvalue weighted by Gasteiger charge is 2.17. The van der Waals surface area contributed by atoms with Gasteiger partial charge in [0, 0.05) is 17.2 Å². The molecule has 4 rings (SSSR count). The number of methoxy groups -OCH3 is 1. The zero-order valence-corrected chi connectivity index (χ0v) is 17.0. The molecule has 156 valence electrons. The molecule has 1 aliphatic carbocycles. The molecule has 3 aromatic rings. The van der Waals surface area contributed by atoms with Crippen LogP contribution in [0.5, 0.6) is 11.5 Å². The van der Waals surface area contributed by atoms with Gasteiger partial charge in [0.25, 0.3) is 11.8 Å². The molecule has 1 aromatic heterocycles. The van der Waals surface area contributed by atoms with Crippen LogP contribution in [0.3, 0.4) is 0 Å². The Hall–Kier alpha value is -3.35. The summed E-state index contributed by atoms with van der Waals surface area (Å²) in [4.78, 5) is 16.7. The quantitative estimate of drug-likeness (QED) is 0.630. The third-order valence-corrected chi connectivity index (χ3v) is 5.20. The van der Waals surface area contributed by atoms with Crippen molar-refractivity contribution in [3.8, 4) is 34.3 Å². The molecule has 7 heteroatoms. The van der Waals surface area contributed by atoms with E-state index < -0.39 is 0 Å². The summed E-state index contributed by atoms with van der Waals surface area (Å²) in [5.74, 6) is 1.78. The first kappa shape index (κ1) is 19.9. The van der Waals surface area contributed by atoms with E-state index >= 15 is 0 Å². The number of rotatable bonds is 7. The Morgan fingerprint density at radius 2 is 1.87 bits per heavy atom. The molecule has 0 aliphatic heterocycles. The average molecular weight is 407 g/mol. The smallest absolute Gasteiger partial charge is 0.258 e. The number of carbonyl (C=O) groups excluding carboxylic acids is 1. The zero-order chi connectivity index (χ0) is 20.8. The molecular weight excluding hydrogens is 382 g/mol. The van der Waals surface area contributed by atoms with Crippen molar-refractivity contribution in [2.75, 3.05) is 13.7 Å². The van der Waals surface area contributed by atoms with Crippen LogP contribution in [-0.2, 0) is 4.79 Å². The van der Waals surface area contributed by atoms with Crippen molar-refractivity contribution < 1.29 is 18.8 Å². The lowest BCUT2D eigenvalue weighted by molar-refractivity contribution is -0.124. The van der Waals surface area contributed by atoms with Crippen LogP contribution in [0.1, 0.15) is 32.1 Å². The fourth-order valence-electron chi connectivity index (χ4n) is 3.62. The summed E-state index contributed by atoms with van der Waals surface area (Å²) in [5.41, 5.74) is 1.59. The minimum absolute atomic E-state index is 0.0490. The van der Waals surface area contributed by atoms with Crippen LogP contribution >= 0.6 is 0 Å². The molecule has 0 saturated heterocycles. The van der Waals surface area contributed by atoms with Gasteiger partial charge in [-0.2, -0.15) is 4.98 Å². The minimum atomic E-state index is -0.112. The van der Waals surface area contributed by atoms with Crippen molar-refractivity contribution >= 4 is 5.91 Å². The van der Waals surface area contributed by atoms with Crippen molar-refractivity contribution in [2.45, 2.75) is 38.1 Å². The Bertz CT molecular complexity index is 981.